The van der Waals surface area contributed by atoms with Gasteiger partial charge in [0.1, 0.15) is 10.7 Å². The lowest BCUT2D eigenvalue weighted by Crippen LogP contribution is -2.20. The molecule has 0 unspecified atom stereocenters. The normalized spacial score (nSPS) is 10.5. The smallest absolute Gasteiger partial charge is 0.264 e. The summed E-state index contributed by atoms with van der Waals surface area (Å²) in [5.74, 6) is -1.32. The zero-order valence-corrected chi connectivity index (χ0v) is 17.6. The van der Waals surface area contributed by atoms with Crippen LogP contribution in [0.25, 0.3) is 10.6 Å². The van der Waals surface area contributed by atoms with Crippen LogP contribution in [-0.2, 0) is 4.79 Å². The maximum absolute atomic E-state index is 13.6. The van der Waals surface area contributed by atoms with Crippen LogP contribution in [0.15, 0.2) is 72.1 Å². The molecule has 0 aliphatic heterocycles. The van der Waals surface area contributed by atoms with E-state index in [1.54, 1.807) is 30.3 Å². The van der Waals surface area contributed by atoms with Gasteiger partial charge in [0.2, 0.25) is 0 Å². The van der Waals surface area contributed by atoms with E-state index in [0.717, 1.165) is 16.2 Å². The molecule has 9 heteroatoms. The molecule has 0 aliphatic carbocycles. The first-order valence-corrected chi connectivity index (χ1v) is 10.9. The summed E-state index contributed by atoms with van der Waals surface area (Å²) in [7, 11) is 0. The molecule has 0 bridgehead atoms. The first-order chi connectivity index (χ1) is 15.1. The van der Waals surface area contributed by atoms with Gasteiger partial charge < -0.3 is 10.1 Å². The maximum atomic E-state index is 13.6. The molecular formula is C22H16FN3O3S2. The number of thiophene rings is 1. The summed E-state index contributed by atoms with van der Waals surface area (Å²) >= 11 is 2.60. The lowest BCUT2D eigenvalue weighted by atomic mass is 10.2. The van der Waals surface area contributed by atoms with E-state index in [9.17, 15) is 14.0 Å². The molecule has 6 nitrogen and oxygen atoms in total. The quantitative estimate of drug-likeness (QED) is 0.399. The van der Waals surface area contributed by atoms with Crippen LogP contribution in [0.5, 0.6) is 5.75 Å². The molecule has 2 aromatic heterocycles. The molecule has 2 aromatic carbocycles. The number of rotatable bonds is 7. The van der Waals surface area contributed by atoms with Gasteiger partial charge in [0.25, 0.3) is 11.8 Å². The Morgan fingerprint density at radius 1 is 0.968 bits per heavy atom. The van der Waals surface area contributed by atoms with Crippen molar-refractivity contribution in [3.8, 4) is 16.3 Å². The summed E-state index contributed by atoms with van der Waals surface area (Å²) in [5.41, 5.74) is 1.08. The number of anilines is 2. The number of thiazole rings is 1. The van der Waals surface area contributed by atoms with Crippen LogP contribution in [0.4, 0.5) is 14.5 Å². The summed E-state index contributed by atoms with van der Waals surface area (Å²) in [5, 5.41) is 8.22. The van der Waals surface area contributed by atoms with E-state index in [1.807, 2.05) is 23.6 Å². The molecule has 0 fully saturated rings. The van der Waals surface area contributed by atoms with Gasteiger partial charge in [0, 0.05) is 5.56 Å². The molecule has 0 saturated carbocycles. The second-order valence-corrected chi connectivity index (χ2v) is 8.21. The Balaban J connectivity index is 1.49. The number of hydrogen-bond acceptors (Lipinski definition) is 6. The Morgan fingerprint density at radius 2 is 1.74 bits per heavy atom. The molecule has 2 heterocycles. The Kier molecular flexibility index (Phi) is 6.34. The predicted octanol–water partition coefficient (Wildman–Crippen LogP) is 5.28. The Morgan fingerprint density at radius 3 is 2.48 bits per heavy atom. The summed E-state index contributed by atoms with van der Waals surface area (Å²) in [6.07, 6.45) is 0. The molecule has 31 heavy (non-hydrogen) atoms. The molecule has 0 spiro atoms. The third-order valence-electron chi connectivity index (χ3n) is 4.09. The number of ether oxygens (including phenoxy) is 1. The van der Waals surface area contributed by atoms with Crippen molar-refractivity contribution < 1.29 is 18.7 Å². The third kappa shape index (κ3) is 5.14. The van der Waals surface area contributed by atoms with Crippen molar-refractivity contribution in [1.29, 1.82) is 0 Å². The highest BCUT2D eigenvalue weighted by atomic mass is 32.1. The van der Waals surface area contributed by atoms with E-state index in [-0.39, 0.29) is 18.3 Å². The molecule has 0 atom stereocenters. The molecule has 0 saturated heterocycles. The number of carbonyl (C=O) groups excluding carboxylic acids is 2. The minimum atomic E-state index is -0.546. The molecule has 4 rings (SSSR count). The van der Waals surface area contributed by atoms with E-state index in [2.05, 4.69) is 15.6 Å². The SMILES string of the molecule is O=C(COc1ccccc1F)Nc1nc(-c2cccs2)c(NC(=O)c2ccccc2)s1. The minimum Gasteiger partial charge on any atom is -0.481 e. The zero-order valence-electron chi connectivity index (χ0n) is 16.0. The monoisotopic (exact) mass is 453 g/mol. The standard InChI is InChI=1S/C22H16FN3O3S2/c23-15-9-4-5-10-16(15)29-13-18(27)24-22-25-19(17-11-6-12-30-17)21(31-22)26-20(28)14-7-2-1-3-8-14/h1-12H,13H2,(H,26,28)(H,24,25,27). The highest BCUT2D eigenvalue weighted by Crippen LogP contribution is 2.38. The van der Waals surface area contributed by atoms with E-state index in [4.69, 9.17) is 4.74 Å². The van der Waals surface area contributed by atoms with Gasteiger partial charge in [0.05, 0.1) is 4.88 Å². The summed E-state index contributed by atoms with van der Waals surface area (Å²) < 4.78 is 18.9. The van der Waals surface area contributed by atoms with Crippen molar-refractivity contribution >= 4 is 44.6 Å². The first kappa shape index (κ1) is 20.7. The average Bonchev–Trinajstić information content (AvgIpc) is 3.44. The predicted molar refractivity (Wildman–Crippen MR) is 120 cm³/mol. The molecular weight excluding hydrogens is 437 g/mol. The lowest BCUT2D eigenvalue weighted by Gasteiger charge is -2.06. The van der Waals surface area contributed by atoms with Gasteiger partial charge in [-0.3, -0.25) is 14.9 Å². The van der Waals surface area contributed by atoms with Crippen LogP contribution >= 0.6 is 22.7 Å². The number of nitrogens with one attached hydrogen (secondary N) is 2. The summed E-state index contributed by atoms with van der Waals surface area (Å²) in [6.45, 7) is -0.374. The van der Waals surface area contributed by atoms with E-state index >= 15 is 0 Å². The number of carbonyl (C=O) groups is 2. The molecule has 4 aromatic rings. The van der Waals surface area contributed by atoms with Crippen LogP contribution in [0, 0.1) is 5.82 Å². The fourth-order valence-electron chi connectivity index (χ4n) is 2.66. The second-order valence-electron chi connectivity index (χ2n) is 6.26. The lowest BCUT2D eigenvalue weighted by molar-refractivity contribution is -0.118. The van der Waals surface area contributed by atoms with Gasteiger partial charge >= 0.3 is 0 Å². The van der Waals surface area contributed by atoms with Gasteiger partial charge in [-0.15, -0.1) is 11.3 Å². The van der Waals surface area contributed by atoms with E-state index < -0.39 is 11.7 Å². The number of benzene rings is 2. The zero-order chi connectivity index (χ0) is 21.6. The molecule has 0 aliphatic rings. The number of hydrogen-bond donors (Lipinski definition) is 2. The average molecular weight is 454 g/mol. The summed E-state index contributed by atoms with van der Waals surface area (Å²) in [6, 6.07) is 18.4. The largest absolute Gasteiger partial charge is 0.481 e. The maximum Gasteiger partial charge on any atom is 0.264 e. The highest BCUT2D eigenvalue weighted by molar-refractivity contribution is 7.21. The Hall–Kier alpha value is -3.56. The topological polar surface area (TPSA) is 80.3 Å². The van der Waals surface area contributed by atoms with Crippen LogP contribution < -0.4 is 15.4 Å². The fourth-order valence-corrected chi connectivity index (χ4v) is 4.34. The van der Waals surface area contributed by atoms with Crippen LogP contribution in [-0.4, -0.2) is 23.4 Å². The number of para-hydroxylation sites is 1. The molecule has 2 N–H and O–H groups in total. The van der Waals surface area contributed by atoms with Crippen LogP contribution in [0.2, 0.25) is 0 Å². The molecule has 2 amide bonds. The Bertz CT molecular complexity index is 1190. The van der Waals surface area contributed by atoms with Crippen molar-refractivity contribution in [3.63, 3.8) is 0 Å². The summed E-state index contributed by atoms with van der Waals surface area (Å²) in [4.78, 5) is 30.2. The van der Waals surface area contributed by atoms with Crippen LogP contribution in [0.3, 0.4) is 0 Å². The van der Waals surface area contributed by atoms with Gasteiger partial charge in [0.15, 0.2) is 23.3 Å². The highest BCUT2D eigenvalue weighted by Gasteiger charge is 2.18. The molecule has 156 valence electrons. The van der Waals surface area contributed by atoms with Crippen molar-refractivity contribution in [1.82, 2.24) is 4.98 Å². The van der Waals surface area contributed by atoms with Crippen molar-refractivity contribution in [3.05, 3.63) is 83.5 Å². The number of aromatic nitrogens is 1. The van der Waals surface area contributed by atoms with Crippen molar-refractivity contribution in [2.24, 2.45) is 0 Å². The third-order valence-corrected chi connectivity index (χ3v) is 5.85. The first-order valence-electron chi connectivity index (χ1n) is 9.18. The number of nitrogens with zero attached hydrogens (tertiary/aromatic N) is 1. The number of amides is 2. The van der Waals surface area contributed by atoms with Gasteiger partial charge in [-0.05, 0) is 35.7 Å². The number of halogens is 1. The Labute approximate surface area is 185 Å². The second kappa shape index (κ2) is 9.50. The van der Waals surface area contributed by atoms with Gasteiger partial charge in [-0.25, -0.2) is 9.37 Å². The minimum absolute atomic E-state index is 0.00752. The van der Waals surface area contributed by atoms with Crippen molar-refractivity contribution in [2.45, 2.75) is 0 Å². The fraction of sp³-hybridized carbons (Fsp3) is 0.0455. The van der Waals surface area contributed by atoms with E-state index in [1.165, 1.54) is 29.5 Å². The van der Waals surface area contributed by atoms with Crippen molar-refractivity contribution in [2.75, 3.05) is 17.2 Å². The molecule has 0 radical (unpaired) electrons. The van der Waals surface area contributed by atoms with Gasteiger partial charge in [-0.1, -0.05) is 47.7 Å². The van der Waals surface area contributed by atoms with E-state index in [0.29, 0.717) is 21.4 Å². The van der Waals surface area contributed by atoms with Crippen LogP contribution in [0.1, 0.15) is 10.4 Å². The van der Waals surface area contributed by atoms with Gasteiger partial charge in [-0.2, -0.15) is 0 Å².